The van der Waals surface area contributed by atoms with Gasteiger partial charge < -0.3 is 10.2 Å². The number of nitrogens with zero attached hydrogens (tertiary/aromatic N) is 1. The third-order valence-corrected chi connectivity index (χ3v) is 4.53. The molecule has 1 heterocycles. The summed E-state index contributed by atoms with van der Waals surface area (Å²) in [7, 11) is 0. The first-order valence-electron chi connectivity index (χ1n) is 7.61. The van der Waals surface area contributed by atoms with Crippen LogP contribution < -0.4 is 10.2 Å². The van der Waals surface area contributed by atoms with Crippen molar-refractivity contribution in [3.8, 4) is 0 Å². The van der Waals surface area contributed by atoms with Gasteiger partial charge in [-0.2, -0.15) is 0 Å². The zero-order valence-corrected chi connectivity index (χ0v) is 12.5. The van der Waals surface area contributed by atoms with Crippen molar-refractivity contribution < 1.29 is 0 Å². The van der Waals surface area contributed by atoms with Crippen LogP contribution in [0.2, 0.25) is 0 Å². The number of hydrogen-bond acceptors (Lipinski definition) is 2. The average Bonchev–Trinajstić information content (AvgIpc) is 3.11. The van der Waals surface area contributed by atoms with Crippen molar-refractivity contribution in [1.29, 1.82) is 0 Å². The van der Waals surface area contributed by atoms with E-state index in [1.807, 2.05) is 0 Å². The van der Waals surface area contributed by atoms with Gasteiger partial charge in [0, 0.05) is 31.4 Å². The van der Waals surface area contributed by atoms with Crippen LogP contribution in [-0.2, 0) is 6.54 Å². The number of hydrogen-bond donors (Lipinski definition) is 1. The molecule has 1 aromatic rings. The first kappa shape index (κ1) is 13.0. The van der Waals surface area contributed by atoms with Crippen molar-refractivity contribution in [2.24, 2.45) is 5.41 Å². The number of nitrogens with one attached hydrogen (secondary N) is 1. The fourth-order valence-electron chi connectivity index (χ4n) is 2.95. The Morgan fingerprint density at radius 3 is 2.68 bits per heavy atom. The fourth-order valence-corrected chi connectivity index (χ4v) is 2.95. The zero-order valence-electron chi connectivity index (χ0n) is 12.5. The molecular formula is C17H26N2. The minimum absolute atomic E-state index is 0.472. The van der Waals surface area contributed by atoms with Gasteiger partial charge in [0.1, 0.15) is 0 Å². The Morgan fingerprint density at radius 2 is 2.11 bits per heavy atom. The van der Waals surface area contributed by atoms with Crippen LogP contribution in [0.1, 0.15) is 44.2 Å². The van der Waals surface area contributed by atoms with Crippen molar-refractivity contribution in [2.45, 2.75) is 52.6 Å². The van der Waals surface area contributed by atoms with Gasteiger partial charge in [0.15, 0.2) is 0 Å². The highest BCUT2D eigenvalue weighted by Crippen LogP contribution is 2.33. The normalized spacial score (nSPS) is 21.9. The molecule has 2 fully saturated rings. The molecule has 1 saturated carbocycles. The lowest BCUT2D eigenvalue weighted by atomic mass is 9.93. The summed E-state index contributed by atoms with van der Waals surface area (Å²) in [5.74, 6) is 0. The van der Waals surface area contributed by atoms with Crippen molar-refractivity contribution in [3.05, 3.63) is 29.3 Å². The third kappa shape index (κ3) is 3.11. The summed E-state index contributed by atoms with van der Waals surface area (Å²) in [5, 5.41) is 3.60. The van der Waals surface area contributed by atoms with Crippen LogP contribution in [0.15, 0.2) is 18.2 Å². The van der Waals surface area contributed by atoms with Crippen LogP contribution in [0.25, 0.3) is 0 Å². The molecule has 0 aromatic heterocycles. The lowest BCUT2D eigenvalue weighted by Crippen LogP contribution is -2.23. The predicted octanol–water partition coefficient (Wildman–Crippen LogP) is 3.48. The third-order valence-electron chi connectivity index (χ3n) is 4.53. The highest BCUT2D eigenvalue weighted by atomic mass is 15.2. The summed E-state index contributed by atoms with van der Waals surface area (Å²) in [6, 6.07) is 7.77. The molecular weight excluding hydrogens is 232 g/mol. The molecule has 2 heteroatoms. The van der Waals surface area contributed by atoms with E-state index in [1.54, 1.807) is 0 Å². The summed E-state index contributed by atoms with van der Waals surface area (Å²) >= 11 is 0. The molecule has 0 atom stereocenters. The van der Waals surface area contributed by atoms with Crippen molar-refractivity contribution in [2.75, 3.05) is 18.0 Å². The second-order valence-electron chi connectivity index (χ2n) is 7.10. The highest BCUT2D eigenvalue weighted by molar-refractivity contribution is 5.52. The summed E-state index contributed by atoms with van der Waals surface area (Å²) < 4.78 is 0. The predicted molar refractivity (Wildman–Crippen MR) is 81.7 cm³/mol. The van der Waals surface area contributed by atoms with E-state index in [1.165, 1.54) is 49.2 Å². The van der Waals surface area contributed by atoms with Gasteiger partial charge in [0.2, 0.25) is 0 Å². The van der Waals surface area contributed by atoms with E-state index >= 15 is 0 Å². The SMILES string of the molecule is Cc1cc(N2CCC(C)(C)C2)ccc1CNC1CC1. The summed E-state index contributed by atoms with van der Waals surface area (Å²) in [5.41, 5.74) is 4.75. The number of aryl methyl sites for hydroxylation is 1. The van der Waals surface area contributed by atoms with Gasteiger partial charge in [-0.3, -0.25) is 0 Å². The van der Waals surface area contributed by atoms with Gasteiger partial charge in [0.05, 0.1) is 0 Å². The fraction of sp³-hybridized carbons (Fsp3) is 0.647. The molecule has 2 aliphatic rings. The van der Waals surface area contributed by atoms with Crippen LogP contribution in [0, 0.1) is 12.3 Å². The smallest absolute Gasteiger partial charge is 0.0369 e. The van der Waals surface area contributed by atoms with Crippen LogP contribution in [0.4, 0.5) is 5.69 Å². The molecule has 0 radical (unpaired) electrons. The van der Waals surface area contributed by atoms with E-state index in [0.29, 0.717) is 5.41 Å². The second kappa shape index (κ2) is 4.82. The molecule has 0 bridgehead atoms. The second-order valence-corrected chi connectivity index (χ2v) is 7.10. The molecule has 1 saturated heterocycles. The Bertz CT molecular complexity index is 460. The largest absolute Gasteiger partial charge is 0.371 e. The number of benzene rings is 1. The Hall–Kier alpha value is -1.02. The summed E-state index contributed by atoms with van der Waals surface area (Å²) in [6.07, 6.45) is 4.02. The highest BCUT2D eigenvalue weighted by Gasteiger charge is 2.29. The van der Waals surface area contributed by atoms with E-state index < -0.39 is 0 Å². The first-order valence-corrected chi connectivity index (χ1v) is 7.61. The maximum absolute atomic E-state index is 3.60. The lowest BCUT2D eigenvalue weighted by molar-refractivity contribution is 0.418. The number of anilines is 1. The molecule has 1 aliphatic heterocycles. The summed E-state index contributed by atoms with van der Waals surface area (Å²) in [4.78, 5) is 2.53. The topological polar surface area (TPSA) is 15.3 Å². The zero-order chi connectivity index (χ0) is 13.5. The van der Waals surface area contributed by atoms with Crippen molar-refractivity contribution >= 4 is 5.69 Å². The van der Waals surface area contributed by atoms with E-state index in [-0.39, 0.29) is 0 Å². The van der Waals surface area contributed by atoms with Crippen LogP contribution in [-0.4, -0.2) is 19.1 Å². The maximum Gasteiger partial charge on any atom is 0.0369 e. The molecule has 1 aromatic carbocycles. The molecule has 3 rings (SSSR count). The number of rotatable bonds is 4. The lowest BCUT2D eigenvalue weighted by Gasteiger charge is -2.22. The minimum Gasteiger partial charge on any atom is -0.371 e. The molecule has 1 N–H and O–H groups in total. The Morgan fingerprint density at radius 1 is 1.32 bits per heavy atom. The molecule has 2 nitrogen and oxygen atoms in total. The molecule has 1 aliphatic carbocycles. The molecule has 0 spiro atoms. The van der Waals surface area contributed by atoms with Gasteiger partial charge in [0.25, 0.3) is 0 Å². The van der Waals surface area contributed by atoms with Crippen LogP contribution in [0.5, 0.6) is 0 Å². The van der Waals surface area contributed by atoms with Gasteiger partial charge in [-0.05, 0) is 54.9 Å². The standard InChI is InChI=1S/C17H26N2/c1-13-10-16(19-9-8-17(2,3)12-19)7-4-14(13)11-18-15-5-6-15/h4,7,10,15,18H,5-6,8-9,11-12H2,1-3H3. The summed E-state index contributed by atoms with van der Waals surface area (Å²) in [6.45, 7) is 10.4. The van der Waals surface area contributed by atoms with Gasteiger partial charge in [-0.1, -0.05) is 19.9 Å². The van der Waals surface area contributed by atoms with Gasteiger partial charge in [-0.25, -0.2) is 0 Å². The maximum atomic E-state index is 3.60. The van der Waals surface area contributed by atoms with Crippen molar-refractivity contribution in [1.82, 2.24) is 5.32 Å². The molecule has 0 unspecified atom stereocenters. The Labute approximate surface area is 117 Å². The van der Waals surface area contributed by atoms with E-state index in [0.717, 1.165) is 12.6 Å². The monoisotopic (exact) mass is 258 g/mol. The van der Waals surface area contributed by atoms with Crippen LogP contribution in [0.3, 0.4) is 0 Å². The quantitative estimate of drug-likeness (QED) is 0.889. The van der Waals surface area contributed by atoms with E-state index in [2.05, 4.69) is 49.2 Å². The van der Waals surface area contributed by atoms with Gasteiger partial charge in [-0.15, -0.1) is 0 Å². The van der Waals surface area contributed by atoms with Crippen LogP contribution >= 0.6 is 0 Å². The molecule has 0 amide bonds. The first-order chi connectivity index (χ1) is 9.03. The van der Waals surface area contributed by atoms with Gasteiger partial charge >= 0.3 is 0 Å². The Balaban J connectivity index is 1.68. The van der Waals surface area contributed by atoms with E-state index in [4.69, 9.17) is 0 Å². The van der Waals surface area contributed by atoms with E-state index in [9.17, 15) is 0 Å². The molecule has 104 valence electrons. The Kier molecular flexibility index (Phi) is 3.30. The average molecular weight is 258 g/mol. The molecule has 19 heavy (non-hydrogen) atoms. The van der Waals surface area contributed by atoms with Crippen molar-refractivity contribution in [3.63, 3.8) is 0 Å². The minimum atomic E-state index is 0.472.